The Morgan fingerprint density at radius 1 is 1.28 bits per heavy atom. The van der Waals surface area contributed by atoms with E-state index in [0.29, 0.717) is 17.1 Å². The number of esters is 1. The summed E-state index contributed by atoms with van der Waals surface area (Å²) in [6.07, 6.45) is 0. The summed E-state index contributed by atoms with van der Waals surface area (Å²) in [5.41, 5.74) is 0.695. The molecule has 2 aromatic carbocycles. The number of hydrogen-bond acceptors (Lipinski definition) is 6. The first-order chi connectivity index (χ1) is 12.1. The largest absolute Gasteiger partial charge is 0.496 e. The van der Waals surface area contributed by atoms with Crippen molar-refractivity contribution in [2.75, 3.05) is 7.11 Å². The molecule has 0 fully saturated rings. The fourth-order valence-corrected chi connectivity index (χ4v) is 2.36. The van der Waals surface area contributed by atoms with E-state index in [1.165, 1.54) is 13.2 Å². The third kappa shape index (κ3) is 3.77. The second-order valence-corrected chi connectivity index (χ2v) is 5.32. The van der Waals surface area contributed by atoms with E-state index in [4.69, 9.17) is 25.6 Å². The molecule has 0 amide bonds. The van der Waals surface area contributed by atoms with E-state index in [-0.39, 0.29) is 23.1 Å². The highest BCUT2D eigenvalue weighted by Crippen LogP contribution is 2.27. The van der Waals surface area contributed by atoms with Crippen molar-refractivity contribution in [1.29, 1.82) is 0 Å². The average Bonchev–Trinajstić information content (AvgIpc) is 3.08. The van der Waals surface area contributed by atoms with Gasteiger partial charge in [-0.25, -0.2) is 9.18 Å². The van der Waals surface area contributed by atoms with Crippen molar-refractivity contribution in [3.8, 4) is 17.1 Å². The lowest BCUT2D eigenvalue weighted by Crippen LogP contribution is -2.06. The highest BCUT2D eigenvalue weighted by Gasteiger charge is 2.16. The van der Waals surface area contributed by atoms with Crippen LogP contribution in [0.3, 0.4) is 0 Å². The topological polar surface area (TPSA) is 74.5 Å². The van der Waals surface area contributed by atoms with Gasteiger partial charge in [-0.15, -0.1) is 0 Å². The van der Waals surface area contributed by atoms with Crippen molar-refractivity contribution < 1.29 is 23.2 Å². The third-order valence-corrected chi connectivity index (χ3v) is 3.61. The van der Waals surface area contributed by atoms with Crippen molar-refractivity contribution in [3.63, 3.8) is 0 Å². The first-order valence-electron chi connectivity index (χ1n) is 7.16. The van der Waals surface area contributed by atoms with Gasteiger partial charge in [0, 0.05) is 0 Å². The maximum Gasteiger partial charge on any atom is 0.340 e. The van der Waals surface area contributed by atoms with E-state index >= 15 is 0 Å². The number of halogens is 2. The minimum atomic E-state index is -0.720. The van der Waals surface area contributed by atoms with Crippen molar-refractivity contribution in [1.82, 2.24) is 10.1 Å². The maximum absolute atomic E-state index is 13.0. The van der Waals surface area contributed by atoms with Gasteiger partial charge in [-0.05, 0) is 30.3 Å². The molecule has 0 saturated carbocycles. The minimum Gasteiger partial charge on any atom is -0.496 e. The van der Waals surface area contributed by atoms with E-state index in [1.54, 1.807) is 12.1 Å². The van der Waals surface area contributed by atoms with E-state index in [0.717, 1.165) is 12.1 Å². The number of nitrogens with zero attached hydrogens (tertiary/aromatic N) is 2. The fourth-order valence-electron chi connectivity index (χ4n) is 2.11. The Hall–Kier alpha value is -2.93. The summed E-state index contributed by atoms with van der Waals surface area (Å²) in [5, 5.41) is 3.81. The fraction of sp³-hybridized carbons (Fsp3) is 0.118. The summed E-state index contributed by atoms with van der Waals surface area (Å²) in [7, 11) is 1.54. The summed E-state index contributed by atoms with van der Waals surface area (Å²) in [5.74, 6) is -0.261. The van der Waals surface area contributed by atoms with Crippen LogP contribution in [0.5, 0.6) is 5.75 Å². The van der Waals surface area contributed by atoms with Crippen molar-refractivity contribution >= 4 is 17.6 Å². The molecule has 1 heterocycles. The molecule has 8 heteroatoms. The first kappa shape index (κ1) is 16.9. The van der Waals surface area contributed by atoms with Crippen LogP contribution >= 0.6 is 11.6 Å². The van der Waals surface area contributed by atoms with E-state index in [1.807, 2.05) is 12.1 Å². The van der Waals surface area contributed by atoms with Crippen LogP contribution in [0.25, 0.3) is 11.4 Å². The average molecular weight is 363 g/mol. The van der Waals surface area contributed by atoms with Crippen molar-refractivity contribution in [2.45, 2.75) is 6.61 Å². The van der Waals surface area contributed by atoms with Crippen LogP contribution in [0.1, 0.15) is 16.2 Å². The molecule has 3 rings (SSSR count). The van der Waals surface area contributed by atoms with Gasteiger partial charge in [-0.1, -0.05) is 28.9 Å². The molecule has 0 aliphatic heterocycles. The molecule has 0 radical (unpaired) electrons. The number of carbonyl (C=O) groups excluding carboxylic acids is 1. The number of rotatable bonds is 5. The van der Waals surface area contributed by atoms with Gasteiger partial charge in [0.25, 0.3) is 5.89 Å². The Kier molecular flexibility index (Phi) is 4.95. The molecule has 0 saturated heterocycles. The molecule has 3 aromatic rings. The van der Waals surface area contributed by atoms with Gasteiger partial charge in [0.15, 0.2) is 6.61 Å². The zero-order valence-electron chi connectivity index (χ0n) is 13.0. The second-order valence-electron chi connectivity index (χ2n) is 4.91. The van der Waals surface area contributed by atoms with Crippen LogP contribution in [-0.2, 0) is 11.3 Å². The second kappa shape index (κ2) is 7.31. The quantitative estimate of drug-likeness (QED) is 0.641. The molecule has 25 heavy (non-hydrogen) atoms. The molecule has 0 bridgehead atoms. The summed E-state index contributed by atoms with van der Waals surface area (Å²) in [6, 6.07) is 10.6. The van der Waals surface area contributed by atoms with E-state index < -0.39 is 11.8 Å². The lowest BCUT2D eigenvalue weighted by Gasteiger charge is -2.04. The number of benzene rings is 2. The lowest BCUT2D eigenvalue weighted by atomic mass is 10.2. The zero-order valence-corrected chi connectivity index (χ0v) is 13.8. The number of hydrogen-bond donors (Lipinski definition) is 0. The molecule has 0 atom stereocenters. The zero-order chi connectivity index (χ0) is 17.8. The minimum absolute atomic E-state index is 0.0368. The summed E-state index contributed by atoms with van der Waals surface area (Å²) in [6.45, 7) is -0.241. The molecule has 0 aliphatic rings. The molecule has 128 valence electrons. The Labute approximate surface area is 147 Å². The molecule has 0 N–H and O–H groups in total. The van der Waals surface area contributed by atoms with E-state index in [2.05, 4.69) is 10.1 Å². The molecule has 1 aromatic heterocycles. The summed E-state index contributed by atoms with van der Waals surface area (Å²) < 4.78 is 28.4. The SMILES string of the molecule is COc1ccccc1-c1noc(COC(=O)c2ccc(F)cc2Cl)n1. The lowest BCUT2D eigenvalue weighted by molar-refractivity contribution is 0.0430. The van der Waals surface area contributed by atoms with Gasteiger partial charge in [-0.2, -0.15) is 4.98 Å². The van der Waals surface area contributed by atoms with E-state index in [9.17, 15) is 9.18 Å². The van der Waals surface area contributed by atoms with Crippen LogP contribution < -0.4 is 4.74 Å². The number of para-hydroxylation sites is 1. The standard InChI is InChI=1S/C17H12ClFN2O4/c1-23-14-5-3-2-4-12(14)16-20-15(25-21-16)9-24-17(22)11-7-6-10(19)8-13(11)18/h2-8H,9H2,1H3. The van der Waals surface area contributed by atoms with Crippen LogP contribution in [0, 0.1) is 5.82 Å². The Bertz CT molecular complexity index is 913. The van der Waals surface area contributed by atoms with Gasteiger partial charge < -0.3 is 14.0 Å². The number of methoxy groups -OCH3 is 1. The van der Waals surface area contributed by atoms with Gasteiger partial charge >= 0.3 is 5.97 Å². The number of ether oxygens (including phenoxy) is 2. The Morgan fingerprint density at radius 2 is 2.08 bits per heavy atom. The molecule has 0 spiro atoms. The maximum atomic E-state index is 13.0. The molecule has 0 aliphatic carbocycles. The summed E-state index contributed by atoms with van der Waals surface area (Å²) in [4.78, 5) is 16.2. The van der Waals surface area contributed by atoms with Gasteiger partial charge in [0.2, 0.25) is 5.82 Å². The third-order valence-electron chi connectivity index (χ3n) is 3.29. The summed E-state index contributed by atoms with van der Waals surface area (Å²) >= 11 is 5.82. The molecule has 0 unspecified atom stereocenters. The normalized spacial score (nSPS) is 10.5. The monoisotopic (exact) mass is 362 g/mol. The van der Waals surface area contributed by atoms with Crippen LogP contribution in [0.2, 0.25) is 5.02 Å². The van der Waals surface area contributed by atoms with Crippen molar-refractivity contribution in [2.24, 2.45) is 0 Å². The van der Waals surface area contributed by atoms with Crippen LogP contribution in [-0.4, -0.2) is 23.2 Å². The number of aromatic nitrogens is 2. The predicted octanol–water partition coefficient (Wildman–Crippen LogP) is 3.89. The molecule has 6 nitrogen and oxygen atoms in total. The Balaban J connectivity index is 1.70. The Morgan fingerprint density at radius 3 is 2.84 bits per heavy atom. The van der Waals surface area contributed by atoms with Gasteiger partial charge in [0.1, 0.15) is 11.6 Å². The highest BCUT2D eigenvalue weighted by molar-refractivity contribution is 6.33. The van der Waals surface area contributed by atoms with Crippen LogP contribution in [0.4, 0.5) is 4.39 Å². The van der Waals surface area contributed by atoms with Crippen LogP contribution in [0.15, 0.2) is 47.0 Å². The smallest absolute Gasteiger partial charge is 0.340 e. The predicted molar refractivity (Wildman–Crippen MR) is 86.8 cm³/mol. The first-order valence-corrected chi connectivity index (χ1v) is 7.54. The van der Waals surface area contributed by atoms with Crippen molar-refractivity contribution in [3.05, 3.63) is 64.8 Å². The van der Waals surface area contributed by atoms with Gasteiger partial charge in [-0.3, -0.25) is 0 Å². The number of carbonyl (C=O) groups is 1. The highest BCUT2D eigenvalue weighted by atomic mass is 35.5. The van der Waals surface area contributed by atoms with Gasteiger partial charge in [0.05, 0.1) is 23.3 Å². The molecular formula is C17H12ClFN2O4. The molecular weight excluding hydrogens is 351 g/mol.